The van der Waals surface area contributed by atoms with Crippen molar-refractivity contribution in [3.63, 3.8) is 0 Å². The molecule has 0 saturated heterocycles. The van der Waals surface area contributed by atoms with Crippen LogP contribution in [0.5, 0.6) is 0 Å². The van der Waals surface area contributed by atoms with Crippen LogP contribution in [-0.2, 0) is 0 Å². The maximum Gasteiger partial charge on any atom is 0.271 e. The van der Waals surface area contributed by atoms with E-state index in [4.69, 9.17) is 5.26 Å². The van der Waals surface area contributed by atoms with Crippen molar-refractivity contribution in [2.24, 2.45) is 0 Å². The Morgan fingerprint density at radius 3 is 2.67 bits per heavy atom. The van der Waals surface area contributed by atoms with Crippen LogP contribution in [-0.4, -0.2) is 36.1 Å². The maximum absolute atomic E-state index is 11.6. The van der Waals surface area contributed by atoms with E-state index in [0.29, 0.717) is 11.4 Å². The quantitative estimate of drug-likeness (QED) is 0.708. The summed E-state index contributed by atoms with van der Waals surface area (Å²) in [4.78, 5) is 17.8. The van der Waals surface area contributed by atoms with E-state index in [2.05, 4.69) is 4.98 Å². The summed E-state index contributed by atoms with van der Waals surface area (Å²) in [6.07, 6.45) is 1.87. The van der Waals surface area contributed by atoms with Crippen LogP contribution in [0.25, 0.3) is 0 Å². The van der Waals surface area contributed by atoms with Crippen molar-refractivity contribution in [1.29, 1.82) is 5.26 Å². The number of hydrogen-bond donors (Lipinski definition) is 0. The van der Waals surface area contributed by atoms with Crippen molar-refractivity contribution < 1.29 is 4.79 Å². The van der Waals surface area contributed by atoms with Gasteiger partial charge in [0.05, 0.1) is 0 Å². The molecule has 5 heteroatoms. The second-order valence-corrected chi connectivity index (χ2v) is 3.91. The van der Waals surface area contributed by atoms with Gasteiger partial charge >= 0.3 is 0 Å². The average Bonchev–Trinajstić information content (AvgIpc) is 2.26. The number of thioether (sulfide) groups is 1. The number of aromatic nitrogens is 1. The number of hydrogen-bond acceptors (Lipinski definition) is 4. The molecule has 15 heavy (non-hydrogen) atoms. The lowest BCUT2D eigenvalue weighted by atomic mass is 10.3. The van der Waals surface area contributed by atoms with Crippen LogP contribution in [0.4, 0.5) is 0 Å². The fourth-order valence-electron chi connectivity index (χ4n) is 1.04. The summed E-state index contributed by atoms with van der Waals surface area (Å²) in [5.74, 6) is -0.195. The van der Waals surface area contributed by atoms with Gasteiger partial charge in [0.2, 0.25) is 0 Å². The highest BCUT2D eigenvalue weighted by molar-refractivity contribution is 7.98. The summed E-state index contributed by atoms with van der Waals surface area (Å²) >= 11 is 1.44. The van der Waals surface area contributed by atoms with Gasteiger partial charge in [-0.3, -0.25) is 4.79 Å². The summed E-state index contributed by atoms with van der Waals surface area (Å²) in [6.45, 7) is 0. The number of rotatable bonds is 2. The van der Waals surface area contributed by atoms with Gasteiger partial charge in [0, 0.05) is 19.0 Å². The van der Waals surface area contributed by atoms with Gasteiger partial charge in [0.15, 0.2) is 5.69 Å². The summed E-state index contributed by atoms with van der Waals surface area (Å²) in [6, 6.07) is 5.35. The molecular weight excluding hydrogens is 210 g/mol. The molecule has 0 aromatic carbocycles. The molecule has 0 spiro atoms. The molecule has 1 heterocycles. The van der Waals surface area contributed by atoms with E-state index in [9.17, 15) is 4.79 Å². The number of pyridine rings is 1. The van der Waals surface area contributed by atoms with E-state index < -0.39 is 0 Å². The normalized spacial score (nSPS) is 9.47. The van der Waals surface area contributed by atoms with Gasteiger partial charge in [-0.1, -0.05) is 0 Å². The number of nitrogens with zero attached hydrogens (tertiary/aromatic N) is 3. The van der Waals surface area contributed by atoms with Crippen molar-refractivity contribution >= 4 is 17.7 Å². The third-order valence-electron chi connectivity index (χ3n) is 1.81. The minimum atomic E-state index is -0.195. The predicted molar refractivity (Wildman–Crippen MR) is 58.8 cm³/mol. The molecule has 0 unspecified atom stereocenters. The van der Waals surface area contributed by atoms with E-state index in [1.54, 1.807) is 26.2 Å². The zero-order chi connectivity index (χ0) is 11.4. The first-order valence-electron chi connectivity index (χ1n) is 4.27. The monoisotopic (exact) mass is 221 g/mol. The number of amides is 1. The molecule has 0 fully saturated rings. The largest absolute Gasteiger partial charge is 0.343 e. The number of carbonyl (C=O) groups is 1. The summed E-state index contributed by atoms with van der Waals surface area (Å²) in [7, 11) is 3.30. The summed E-state index contributed by atoms with van der Waals surface area (Å²) < 4.78 is 0. The minimum Gasteiger partial charge on any atom is -0.343 e. The lowest BCUT2D eigenvalue weighted by Crippen LogP contribution is -2.23. The second-order valence-electron chi connectivity index (χ2n) is 3.06. The van der Waals surface area contributed by atoms with Crippen molar-refractivity contribution in [2.45, 2.75) is 4.90 Å². The van der Waals surface area contributed by atoms with Crippen LogP contribution >= 0.6 is 11.8 Å². The first-order valence-corrected chi connectivity index (χ1v) is 5.49. The van der Waals surface area contributed by atoms with E-state index in [1.807, 2.05) is 12.3 Å². The molecule has 0 atom stereocenters. The SMILES string of the molecule is CSc1ccc(C(=O)N(C)C)nc1C#N. The fraction of sp³-hybridized carbons (Fsp3) is 0.300. The Balaban J connectivity index is 3.15. The molecule has 1 rings (SSSR count). The average molecular weight is 221 g/mol. The zero-order valence-corrected chi connectivity index (χ0v) is 9.63. The maximum atomic E-state index is 11.6. The van der Waals surface area contributed by atoms with Gasteiger partial charge in [-0.25, -0.2) is 4.98 Å². The smallest absolute Gasteiger partial charge is 0.271 e. The molecule has 1 aromatic heterocycles. The van der Waals surface area contributed by atoms with Crippen LogP contribution < -0.4 is 0 Å². The van der Waals surface area contributed by atoms with Gasteiger partial charge in [-0.15, -0.1) is 11.8 Å². The first kappa shape index (κ1) is 11.5. The predicted octanol–water partition coefficient (Wildman–Crippen LogP) is 1.38. The van der Waals surface area contributed by atoms with Crippen molar-refractivity contribution in [2.75, 3.05) is 20.4 Å². The third kappa shape index (κ3) is 2.48. The molecule has 4 nitrogen and oxygen atoms in total. The number of nitriles is 1. The van der Waals surface area contributed by atoms with E-state index in [-0.39, 0.29) is 5.91 Å². The highest BCUT2D eigenvalue weighted by Crippen LogP contribution is 2.18. The lowest BCUT2D eigenvalue weighted by Gasteiger charge is -2.09. The molecular formula is C10H11N3OS. The topological polar surface area (TPSA) is 57.0 Å². The molecule has 0 bridgehead atoms. The van der Waals surface area contributed by atoms with E-state index in [0.717, 1.165) is 4.90 Å². The highest BCUT2D eigenvalue weighted by Gasteiger charge is 2.12. The van der Waals surface area contributed by atoms with Crippen molar-refractivity contribution in [1.82, 2.24) is 9.88 Å². The zero-order valence-electron chi connectivity index (χ0n) is 8.81. The fourth-order valence-corrected chi connectivity index (χ4v) is 1.53. The number of carbonyl (C=O) groups excluding carboxylic acids is 1. The molecule has 0 radical (unpaired) electrons. The van der Waals surface area contributed by atoms with Crippen LogP contribution in [0, 0.1) is 11.3 Å². The van der Waals surface area contributed by atoms with Gasteiger partial charge in [0.25, 0.3) is 5.91 Å². The van der Waals surface area contributed by atoms with Crippen LogP contribution in [0.1, 0.15) is 16.2 Å². The molecule has 1 amide bonds. The summed E-state index contributed by atoms with van der Waals surface area (Å²) in [5.41, 5.74) is 0.601. The Morgan fingerprint density at radius 2 is 2.20 bits per heavy atom. The Bertz CT molecular complexity index is 423. The Morgan fingerprint density at radius 1 is 1.53 bits per heavy atom. The lowest BCUT2D eigenvalue weighted by molar-refractivity contribution is 0.0822. The van der Waals surface area contributed by atoms with Crippen molar-refractivity contribution in [3.05, 3.63) is 23.5 Å². The van der Waals surface area contributed by atoms with Crippen LogP contribution in [0.15, 0.2) is 17.0 Å². The van der Waals surface area contributed by atoms with Crippen LogP contribution in [0.3, 0.4) is 0 Å². The van der Waals surface area contributed by atoms with Crippen LogP contribution in [0.2, 0.25) is 0 Å². The van der Waals surface area contributed by atoms with Gasteiger partial charge < -0.3 is 4.90 Å². The third-order valence-corrected chi connectivity index (χ3v) is 2.58. The second kappa shape index (κ2) is 4.80. The first-order chi connectivity index (χ1) is 7.10. The van der Waals surface area contributed by atoms with E-state index >= 15 is 0 Å². The Labute approximate surface area is 92.9 Å². The highest BCUT2D eigenvalue weighted by atomic mass is 32.2. The van der Waals surface area contributed by atoms with Gasteiger partial charge in [0.1, 0.15) is 11.8 Å². The molecule has 0 saturated carbocycles. The molecule has 1 aromatic rings. The Hall–Kier alpha value is -1.54. The molecule has 0 aliphatic heterocycles. The minimum absolute atomic E-state index is 0.195. The van der Waals surface area contributed by atoms with Gasteiger partial charge in [-0.2, -0.15) is 5.26 Å². The summed E-state index contributed by atoms with van der Waals surface area (Å²) in [5, 5.41) is 8.84. The van der Waals surface area contributed by atoms with E-state index in [1.165, 1.54) is 16.7 Å². The molecule has 0 aliphatic rings. The molecule has 78 valence electrons. The Kier molecular flexibility index (Phi) is 3.69. The van der Waals surface area contributed by atoms with Crippen molar-refractivity contribution in [3.8, 4) is 6.07 Å². The molecule has 0 aliphatic carbocycles. The molecule has 0 N–H and O–H groups in total. The standard InChI is InChI=1S/C10H11N3OS/c1-13(2)10(14)7-4-5-9(15-3)8(6-11)12-7/h4-5H,1-3H3. The van der Waals surface area contributed by atoms with Gasteiger partial charge in [-0.05, 0) is 18.4 Å².